The lowest BCUT2D eigenvalue weighted by Gasteiger charge is -2.19. The molecule has 0 atom stereocenters. The minimum atomic E-state index is 0.552. The van der Waals surface area contributed by atoms with Gasteiger partial charge in [0.05, 0.1) is 0 Å². The van der Waals surface area contributed by atoms with Gasteiger partial charge in [0.2, 0.25) is 5.89 Å². The lowest BCUT2D eigenvalue weighted by Crippen LogP contribution is -2.17. The zero-order chi connectivity index (χ0) is 14.3. The molecule has 0 radical (unpaired) electrons. The van der Waals surface area contributed by atoms with Gasteiger partial charge < -0.3 is 9.15 Å². The second-order valence-electron chi connectivity index (χ2n) is 5.23. The van der Waals surface area contributed by atoms with Gasteiger partial charge in [-0.1, -0.05) is 42.1 Å². The number of aryl methyl sites for hydroxylation is 2. The summed E-state index contributed by atoms with van der Waals surface area (Å²) in [4.78, 5) is 0. The molecule has 1 aromatic carbocycles. The van der Waals surface area contributed by atoms with Gasteiger partial charge in [0.25, 0.3) is 5.22 Å². The van der Waals surface area contributed by atoms with Crippen molar-refractivity contribution >= 4 is 11.8 Å². The van der Waals surface area contributed by atoms with Gasteiger partial charge in [0.1, 0.15) is 0 Å². The van der Waals surface area contributed by atoms with Crippen LogP contribution in [0.4, 0.5) is 0 Å². The van der Waals surface area contributed by atoms with Crippen LogP contribution in [0, 0.1) is 0 Å². The van der Waals surface area contributed by atoms with Crippen LogP contribution in [0.25, 0.3) is 0 Å². The molecule has 0 spiro atoms. The molecule has 3 rings (SSSR count). The zero-order valence-corrected chi connectivity index (χ0v) is 12.8. The van der Waals surface area contributed by atoms with Crippen molar-refractivity contribution in [3.63, 3.8) is 0 Å². The molecule has 0 aliphatic carbocycles. The summed E-state index contributed by atoms with van der Waals surface area (Å²) in [6.45, 7) is 1.69. The summed E-state index contributed by atoms with van der Waals surface area (Å²) < 4.78 is 11.1. The molecule has 0 bridgehead atoms. The Labute approximate surface area is 129 Å². The van der Waals surface area contributed by atoms with Gasteiger partial charge in [-0.2, -0.15) is 0 Å². The van der Waals surface area contributed by atoms with Crippen molar-refractivity contribution in [2.24, 2.45) is 0 Å². The Bertz CT molecular complexity index is 538. The highest BCUT2D eigenvalue weighted by Gasteiger charge is 2.18. The molecule has 0 N–H and O–H groups in total. The van der Waals surface area contributed by atoms with E-state index in [1.54, 1.807) is 11.8 Å². The largest absolute Gasteiger partial charge is 0.416 e. The first kappa shape index (κ1) is 14.6. The smallest absolute Gasteiger partial charge is 0.276 e. The fourth-order valence-corrected chi connectivity index (χ4v) is 3.36. The fourth-order valence-electron chi connectivity index (χ4n) is 2.41. The van der Waals surface area contributed by atoms with Gasteiger partial charge in [0.15, 0.2) is 0 Å². The van der Waals surface area contributed by atoms with E-state index in [0.29, 0.717) is 10.5 Å². The van der Waals surface area contributed by atoms with Crippen LogP contribution in [0.2, 0.25) is 0 Å². The second kappa shape index (κ2) is 7.61. The number of ether oxygens (including phenoxy) is 1. The highest BCUT2D eigenvalue weighted by molar-refractivity contribution is 7.99. The summed E-state index contributed by atoms with van der Waals surface area (Å²) in [5.74, 6) is 0.750. The minimum Gasteiger partial charge on any atom is -0.416 e. The predicted octanol–water partition coefficient (Wildman–Crippen LogP) is 3.52. The molecule has 1 saturated heterocycles. The molecular formula is C16H20N2O2S. The first-order valence-electron chi connectivity index (χ1n) is 7.51. The van der Waals surface area contributed by atoms with Crippen molar-refractivity contribution in [1.82, 2.24) is 10.2 Å². The van der Waals surface area contributed by atoms with Crippen LogP contribution in [-0.4, -0.2) is 28.7 Å². The molecule has 0 saturated carbocycles. The van der Waals surface area contributed by atoms with E-state index in [9.17, 15) is 0 Å². The molecule has 1 fully saturated rings. The lowest BCUT2D eigenvalue weighted by atomic mass is 10.1. The molecule has 21 heavy (non-hydrogen) atoms. The zero-order valence-electron chi connectivity index (χ0n) is 12.0. The number of thioether (sulfide) groups is 1. The molecule has 0 amide bonds. The number of aromatic nitrogens is 2. The first-order chi connectivity index (χ1) is 10.4. The van der Waals surface area contributed by atoms with Gasteiger partial charge in [0, 0.05) is 24.9 Å². The highest BCUT2D eigenvalue weighted by Crippen LogP contribution is 2.28. The Morgan fingerprint density at radius 3 is 2.67 bits per heavy atom. The third kappa shape index (κ3) is 4.58. The maximum absolute atomic E-state index is 5.72. The van der Waals surface area contributed by atoms with Crippen LogP contribution in [0.15, 0.2) is 40.0 Å². The summed E-state index contributed by atoms with van der Waals surface area (Å²) >= 11 is 1.69. The van der Waals surface area contributed by atoms with E-state index < -0.39 is 0 Å². The molecule has 5 heteroatoms. The first-order valence-corrected chi connectivity index (χ1v) is 8.39. The monoisotopic (exact) mass is 304 g/mol. The summed E-state index contributed by atoms with van der Waals surface area (Å²) in [5, 5.41) is 9.54. The maximum Gasteiger partial charge on any atom is 0.276 e. The van der Waals surface area contributed by atoms with Crippen molar-refractivity contribution in [2.75, 3.05) is 13.2 Å². The Hall–Kier alpha value is -1.33. The van der Waals surface area contributed by atoms with E-state index >= 15 is 0 Å². The molecule has 1 aliphatic rings. The third-order valence-corrected chi connectivity index (χ3v) is 4.75. The molecule has 112 valence electrons. The van der Waals surface area contributed by atoms with Crippen LogP contribution in [0.1, 0.15) is 30.7 Å². The molecule has 4 nitrogen and oxygen atoms in total. The van der Waals surface area contributed by atoms with Crippen molar-refractivity contribution in [3.05, 3.63) is 41.8 Å². The van der Waals surface area contributed by atoms with E-state index in [1.165, 1.54) is 5.56 Å². The van der Waals surface area contributed by atoms with Crippen LogP contribution in [0.5, 0.6) is 0 Å². The van der Waals surface area contributed by atoms with Crippen LogP contribution in [0.3, 0.4) is 0 Å². The van der Waals surface area contributed by atoms with Crippen molar-refractivity contribution in [2.45, 2.75) is 42.6 Å². The third-order valence-electron chi connectivity index (χ3n) is 3.58. The number of benzene rings is 1. The Morgan fingerprint density at radius 1 is 1.05 bits per heavy atom. The quantitative estimate of drug-likeness (QED) is 0.817. The lowest BCUT2D eigenvalue weighted by molar-refractivity contribution is 0.0998. The SMILES string of the molecule is c1ccc(CCCc2nnc(SC3CCOCC3)o2)cc1. The summed E-state index contributed by atoms with van der Waals surface area (Å²) in [5.41, 5.74) is 1.36. The van der Waals surface area contributed by atoms with Gasteiger partial charge in [-0.05, 0) is 31.2 Å². The van der Waals surface area contributed by atoms with Crippen LogP contribution >= 0.6 is 11.8 Å². The van der Waals surface area contributed by atoms with Crippen LogP contribution in [-0.2, 0) is 17.6 Å². The van der Waals surface area contributed by atoms with Crippen molar-refractivity contribution in [3.8, 4) is 0 Å². The average Bonchev–Trinajstić information content (AvgIpc) is 2.97. The topological polar surface area (TPSA) is 48.2 Å². The van der Waals surface area contributed by atoms with E-state index in [4.69, 9.17) is 9.15 Å². The van der Waals surface area contributed by atoms with Gasteiger partial charge in [-0.15, -0.1) is 10.2 Å². The normalized spacial score (nSPS) is 16.2. The Morgan fingerprint density at radius 2 is 1.86 bits per heavy atom. The highest BCUT2D eigenvalue weighted by atomic mass is 32.2. The standard InChI is InChI=1S/C16H20N2O2S/c1-2-5-13(6-3-1)7-4-8-15-17-18-16(20-15)21-14-9-11-19-12-10-14/h1-3,5-6,14H,4,7-12H2. The second-order valence-corrected chi connectivity index (χ2v) is 6.48. The van der Waals surface area contributed by atoms with Crippen molar-refractivity contribution < 1.29 is 9.15 Å². The number of hydrogen-bond acceptors (Lipinski definition) is 5. The number of hydrogen-bond donors (Lipinski definition) is 0. The minimum absolute atomic E-state index is 0.552. The molecule has 1 aliphatic heterocycles. The van der Waals surface area contributed by atoms with E-state index in [0.717, 1.165) is 51.2 Å². The molecule has 0 unspecified atom stereocenters. The van der Waals surface area contributed by atoms with Gasteiger partial charge in [-0.25, -0.2) is 0 Å². The Kier molecular flexibility index (Phi) is 5.29. The average molecular weight is 304 g/mol. The van der Waals surface area contributed by atoms with Gasteiger partial charge >= 0.3 is 0 Å². The van der Waals surface area contributed by atoms with Gasteiger partial charge in [-0.3, -0.25) is 0 Å². The molecule has 2 heterocycles. The molecule has 1 aromatic heterocycles. The molecule has 2 aromatic rings. The summed E-state index contributed by atoms with van der Waals surface area (Å²) in [6.07, 6.45) is 5.06. The maximum atomic E-state index is 5.72. The van der Waals surface area contributed by atoms with E-state index in [-0.39, 0.29) is 0 Å². The summed E-state index contributed by atoms with van der Waals surface area (Å²) in [6, 6.07) is 10.5. The summed E-state index contributed by atoms with van der Waals surface area (Å²) in [7, 11) is 0. The van der Waals surface area contributed by atoms with E-state index in [2.05, 4.69) is 34.5 Å². The fraction of sp³-hybridized carbons (Fsp3) is 0.500. The van der Waals surface area contributed by atoms with E-state index in [1.807, 2.05) is 6.07 Å². The van der Waals surface area contributed by atoms with Crippen LogP contribution < -0.4 is 0 Å². The molecular weight excluding hydrogens is 284 g/mol. The Balaban J connectivity index is 1.44. The number of nitrogens with zero attached hydrogens (tertiary/aromatic N) is 2. The number of rotatable bonds is 6. The predicted molar refractivity (Wildman–Crippen MR) is 82.5 cm³/mol. The van der Waals surface area contributed by atoms with Crippen molar-refractivity contribution in [1.29, 1.82) is 0 Å².